The molecule has 0 nitrogen and oxygen atoms in total. The molecule has 0 saturated heterocycles. The van der Waals surface area contributed by atoms with E-state index in [1.54, 1.807) is 16.7 Å². The fourth-order valence-electron chi connectivity index (χ4n) is 10.1. The molecule has 0 spiro atoms. The monoisotopic (exact) mass is 679 g/mol. The standard InChI is InChI=1S/C46H54.C5H12/c1-27(2)19-42-29(4)20-40-24-39(26-44(40)46(42)35-9-7-28(3)8-10-35)36-17-18-41-30(5)21-43(45(41)25-36)34-15-13-33(14-16-34)38-22-37(23-38)31(6)32-11-12-32;1-5(2,3)4/h7-10,17-18,20-21,24-25,30-34,37-38H,1,11-16,19,22-23,26H2,2-6H3;1-4H3. The molecule has 0 aromatic heterocycles. The van der Waals surface area contributed by atoms with Crippen LogP contribution in [0.2, 0.25) is 0 Å². The van der Waals surface area contributed by atoms with Crippen molar-refractivity contribution in [2.24, 2.45) is 40.9 Å². The van der Waals surface area contributed by atoms with Crippen LogP contribution in [0.1, 0.15) is 150 Å². The van der Waals surface area contributed by atoms with Crippen LogP contribution in [0.5, 0.6) is 0 Å². The summed E-state index contributed by atoms with van der Waals surface area (Å²) in [5.74, 6) is 6.42. The molecule has 0 amide bonds. The number of allylic oxidation sites excluding steroid dienone is 4. The Balaban J connectivity index is 0.000000761. The van der Waals surface area contributed by atoms with Crippen molar-refractivity contribution in [3.63, 3.8) is 0 Å². The lowest BCUT2D eigenvalue weighted by molar-refractivity contribution is 0.0530. The highest BCUT2D eigenvalue weighted by Gasteiger charge is 2.43. The highest BCUT2D eigenvalue weighted by atomic mass is 14.5. The molecule has 0 bridgehead atoms. The van der Waals surface area contributed by atoms with E-state index < -0.39 is 0 Å². The summed E-state index contributed by atoms with van der Waals surface area (Å²) in [7, 11) is 0. The zero-order valence-corrected chi connectivity index (χ0v) is 33.6. The van der Waals surface area contributed by atoms with Crippen LogP contribution in [0.4, 0.5) is 0 Å². The second-order valence-electron chi connectivity index (χ2n) is 19.5. The maximum absolute atomic E-state index is 4.30. The predicted octanol–water partition coefficient (Wildman–Crippen LogP) is 14.6. The van der Waals surface area contributed by atoms with E-state index >= 15 is 0 Å². The second kappa shape index (κ2) is 14.4. The highest BCUT2D eigenvalue weighted by molar-refractivity contribution is 5.94. The molecule has 2 atom stereocenters. The zero-order chi connectivity index (χ0) is 36.2. The third-order valence-corrected chi connectivity index (χ3v) is 13.2. The van der Waals surface area contributed by atoms with Crippen LogP contribution >= 0.6 is 0 Å². The maximum Gasteiger partial charge on any atom is 0.000174 e. The Morgan fingerprint density at radius 2 is 1.47 bits per heavy atom. The molecule has 0 N–H and O–H groups in total. The number of aryl methyl sites for hydroxylation is 2. The summed E-state index contributed by atoms with van der Waals surface area (Å²) < 4.78 is 0. The smallest absolute Gasteiger partial charge is 0.000174 e. The van der Waals surface area contributed by atoms with E-state index in [2.05, 4.69) is 130 Å². The quantitative estimate of drug-likeness (QED) is 0.208. The van der Waals surface area contributed by atoms with E-state index in [-0.39, 0.29) is 0 Å². The van der Waals surface area contributed by atoms with E-state index in [0.29, 0.717) is 11.3 Å². The molecule has 0 heterocycles. The number of hydrogen-bond acceptors (Lipinski definition) is 0. The Hall–Kier alpha value is -3.12. The minimum Gasteiger partial charge on any atom is -0.0998 e. The Morgan fingerprint density at radius 1 is 0.824 bits per heavy atom. The van der Waals surface area contributed by atoms with Gasteiger partial charge in [-0.1, -0.05) is 114 Å². The van der Waals surface area contributed by atoms with E-state index in [0.717, 1.165) is 48.3 Å². The van der Waals surface area contributed by atoms with Gasteiger partial charge in [0.1, 0.15) is 0 Å². The van der Waals surface area contributed by atoms with E-state index in [1.165, 1.54) is 107 Å². The summed E-state index contributed by atoms with van der Waals surface area (Å²) in [5.41, 5.74) is 19.2. The van der Waals surface area contributed by atoms with Gasteiger partial charge in [-0.25, -0.2) is 0 Å². The van der Waals surface area contributed by atoms with Gasteiger partial charge in [-0.3, -0.25) is 0 Å². The van der Waals surface area contributed by atoms with Crippen molar-refractivity contribution >= 4 is 17.2 Å². The van der Waals surface area contributed by atoms with Gasteiger partial charge in [-0.15, -0.1) is 0 Å². The summed E-state index contributed by atoms with van der Waals surface area (Å²) in [5, 5.41) is 0. The van der Waals surface area contributed by atoms with E-state index in [4.69, 9.17) is 0 Å². The number of fused-ring (bicyclic) bond motifs is 2. The molecular formula is C51H66. The van der Waals surface area contributed by atoms with Gasteiger partial charge in [0.15, 0.2) is 0 Å². The highest BCUT2D eigenvalue weighted by Crippen LogP contribution is 2.54. The molecular weight excluding hydrogens is 613 g/mol. The SMILES string of the molecule is C=C(C)Cc1c(C)cc2c(c1-c1ccc(C)cc1)CC(c1ccc3c(c1)C(C1CCC(C4CC(C(C)C5CC5)C4)CC1)=CC3C)=C2.CC(C)(C)C. The summed E-state index contributed by atoms with van der Waals surface area (Å²) in [6.07, 6.45) is 18.9. The molecule has 2 unspecified atom stereocenters. The van der Waals surface area contributed by atoms with Crippen molar-refractivity contribution < 1.29 is 0 Å². The van der Waals surface area contributed by atoms with Crippen LogP contribution < -0.4 is 0 Å². The summed E-state index contributed by atoms with van der Waals surface area (Å²) in [4.78, 5) is 0. The van der Waals surface area contributed by atoms with Gasteiger partial charge >= 0.3 is 0 Å². The minimum atomic E-state index is 0.500. The van der Waals surface area contributed by atoms with Crippen LogP contribution in [0.15, 0.2) is 66.8 Å². The van der Waals surface area contributed by atoms with Gasteiger partial charge in [-0.2, -0.15) is 0 Å². The normalized spacial score (nSPS) is 25.9. The molecule has 5 aliphatic carbocycles. The topological polar surface area (TPSA) is 0 Å². The molecule has 8 rings (SSSR count). The van der Waals surface area contributed by atoms with Crippen molar-refractivity contribution in [3.8, 4) is 11.1 Å². The van der Waals surface area contributed by atoms with E-state index in [9.17, 15) is 0 Å². The Kier molecular flexibility index (Phi) is 10.2. The molecule has 0 radical (unpaired) electrons. The second-order valence-corrected chi connectivity index (χ2v) is 19.5. The molecule has 3 saturated carbocycles. The molecule has 3 aromatic rings. The van der Waals surface area contributed by atoms with Crippen molar-refractivity contribution in [2.45, 2.75) is 132 Å². The van der Waals surface area contributed by atoms with Crippen LogP contribution in [-0.4, -0.2) is 0 Å². The average Bonchev–Trinajstić information content (AvgIpc) is 3.74. The lowest BCUT2D eigenvalue weighted by Crippen LogP contribution is -2.36. The third-order valence-electron chi connectivity index (χ3n) is 13.2. The first kappa shape index (κ1) is 36.2. The first-order valence-corrected chi connectivity index (χ1v) is 20.7. The lowest BCUT2D eigenvalue weighted by Gasteiger charge is -2.46. The van der Waals surface area contributed by atoms with Gasteiger partial charge < -0.3 is 0 Å². The van der Waals surface area contributed by atoms with Crippen molar-refractivity contribution in [1.82, 2.24) is 0 Å². The maximum atomic E-state index is 4.30. The van der Waals surface area contributed by atoms with Crippen molar-refractivity contribution in [1.29, 1.82) is 0 Å². The molecule has 0 aliphatic heterocycles. The van der Waals surface area contributed by atoms with Crippen LogP contribution in [0.25, 0.3) is 28.3 Å². The Morgan fingerprint density at radius 3 is 2.10 bits per heavy atom. The van der Waals surface area contributed by atoms with Gasteiger partial charge in [0, 0.05) is 5.92 Å². The summed E-state index contributed by atoms with van der Waals surface area (Å²) in [6, 6.07) is 19.1. The molecule has 5 aliphatic rings. The molecule has 51 heavy (non-hydrogen) atoms. The van der Waals surface area contributed by atoms with Crippen LogP contribution in [0.3, 0.4) is 0 Å². The molecule has 3 aromatic carbocycles. The zero-order valence-electron chi connectivity index (χ0n) is 33.6. The number of benzene rings is 3. The first-order valence-electron chi connectivity index (χ1n) is 20.7. The summed E-state index contributed by atoms with van der Waals surface area (Å²) in [6.45, 7) is 24.7. The molecule has 0 heteroatoms. The van der Waals surface area contributed by atoms with Crippen LogP contribution in [-0.2, 0) is 12.8 Å². The van der Waals surface area contributed by atoms with Gasteiger partial charge in [0.05, 0.1) is 0 Å². The van der Waals surface area contributed by atoms with Gasteiger partial charge in [0.2, 0.25) is 0 Å². The molecule has 270 valence electrons. The van der Waals surface area contributed by atoms with Crippen molar-refractivity contribution in [3.05, 3.63) is 111 Å². The fraction of sp³-hybridized carbons (Fsp3) is 0.529. The predicted molar refractivity (Wildman–Crippen MR) is 223 cm³/mol. The third kappa shape index (κ3) is 7.97. The molecule has 3 fully saturated rings. The van der Waals surface area contributed by atoms with Gasteiger partial charge in [0.25, 0.3) is 0 Å². The summed E-state index contributed by atoms with van der Waals surface area (Å²) >= 11 is 0. The number of rotatable bonds is 8. The Bertz CT molecular complexity index is 1810. The van der Waals surface area contributed by atoms with E-state index in [1.807, 2.05) is 0 Å². The minimum absolute atomic E-state index is 0.500. The largest absolute Gasteiger partial charge is 0.0998 e. The Labute approximate surface area is 311 Å². The fourth-order valence-corrected chi connectivity index (χ4v) is 10.1. The van der Waals surface area contributed by atoms with Crippen LogP contribution in [0, 0.1) is 54.8 Å². The lowest BCUT2D eigenvalue weighted by atomic mass is 9.60. The average molecular weight is 679 g/mol. The van der Waals surface area contributed by atoms with Crippen molar-refractivity contribution in [2.75, 3.05) is 0 Å². The first-order chi connectivity index (χ1) is 24.2. The number of hydrogen-bond donors (Lipinski definition) is 0. The van der Waals surface area contributed by atoms with Gasteiger partial charge in [-0.05, 0) is 193 Å².